The summed E-state index contributed by atoms with van der Waals surface area (Å²) in [5, 5.41) is 4.83. The average molecular weight is 351 g/mol. The molecule has 0 aliphatic heterocycles. The van der Waals surface area contributed by atoms with Gasteiger partial charge in [0.05, 0.1) is 28.2 Å². The number of para-hydroxylation sites is 1. The Hall–Kier alpha value is -2.99. The monoisotopic (exact) mass is 351 g/mol. The molecule has 0 atom stereocenters. The zero-order valence-corrected chi connectivity index (χ0v) is 14.5. The average Bonchev–Trinajstić information content (AvgIpc) is 3.10. The number of carbonyl (C=O) groups excluding carboxylic acids is 2. The molecule has 2 amide bonds. The van der Waals surface area contributed by atoms with Gasteiger partial charge in [0.2, 0.25) is 5.91 Å². The van der Waals surface area contributed by atoms with Gasteiger partial charge in [0.15, 0.2) is 0 Å². The minimum absolute atomic E-state index is 0.0744. The highest BCUT2D eigenvalue weighted by Gasteiger charge is 2.14. The molecule has 25 heavy (non-hydrogen) atoms. The molecule has 0 bridgehead atoms. The molecule has 3 aromatic rings. The lowest BCUT2D eigenvalue weighted by molar-refractivity contribution is -0.117. The number of nitrogens with one attached hydrogen (secondary N) is 1. The van der Waals surface area contributed by atoms with Crippen LogP contribution < -0.4 is 11.1 Å². The van der Waals surface area contributed by atoms with Crippen LogP contribution in [-0.2, 0) is 11.2 Å². The Morgan fingerprint density at radius 3 is 2.60 bits per heavy atom. The highest BCUT2D eigenvalue weighted by atomic mass is 32.1. The molecule has 2 aromatic heterocycles. The first-order chi connectivity index (χ1) is 12.0. The molecule has 0 unspecified atom stereocenters. The molecule has 0 fully saturated rings. The number of aromatic nitrogens is 1. The molecule has 0 radical (unpaired) electrons. The van der Waals surface area contributed by atoms with Gasteiger partial charge in [-0.25, -0.2) is 0 Å². The van der Waals surface area contributed by atoms with Crippen LogP contribution in [0, 0.1) is 6.92 Å². The fourth-order valence-electron chi connectivity index (χ4n) is 2.54. The van der Waals surface area contributed by atoms with Gasteiger partial charge in [-0.05, 0) is 42.1 Å². The summed E-state index contributed by atoms with van der Waals surface area (Å²) in [5.41, 5.74) is 8.51. The van der Waals surface area contributed by atoms with E-state index in [0.717, 1.165) is 10.6 Å². The largest absolute Gasteiger partial charge is 0.369 e. The topological polar surface area (TPSA) is 85.1 Å². The molecular weight excluding hydrogens is 334 g/mol. The molecule has 0 aliphatic rings. The minimum atomic E-state index is -0.445. The highest BCUT2D eigenvalue weighted by Crippen LogP contribution is 2.24. The van der Waals surface area contributed by atoms with Crippen molar-refractivity contribution in [2.45, 2.75) is 13.3 Å². The Bertz CT molecular complexity index is 920. The van der Waals surface area contributed by atoms with Crippen LogP contribution in [0.5, 0.6) is 0 Å². The van der Waals surface area contributed by atoms with Crippen molar-refractivity contribution in [1.29, 1.82) is 0 Å². The van der Waals surface area contributed by atoms with Crippen molar-refractivity contribution in [2.75, 3.05) is 5.32 Å². The molecule has 3 rings (SSSR count). The van der Waals surface area contributed by atoms with E-state index in [-0.39, 0.29) is 12.3 Å². The summed E-state index contributed by atoms with van der Waals surface area (Å²) in [5.74, 6) is -0.709. The van der Waals surface area contributed by atoms with Crippen molar-refractivity contribution in [1.82, 2.24) is 4.98 Å². The first-order valence-electron chi connectivity index (χ1n) is 7.73. The van der Waals surface area contributed by atoms with Crippen LogP contribution in [-0.4, -0.2) is 16.8 Å². The van der Waals surface area contributed by atoms with Gasteiger partial charge in [-0.2, -0.15) is 0 Å². The van der Waals surface area contributed by atoms with Crippen molar-refractivity contribution in [3.05, 3.63) is 70.7 Å². The smallest absolute Gasteiger partial charge is 0.257 e. The number of aryl methyl sites for hydroxylation is 1. The number of nitrogens with zero attached hydrogens (tertiary/aromatic N) is 1. The van der Waals surface area contributed by atoms with Gasteiger partial charge < -0.3 is 11.1 Å². The van der Waals surface area contributed by atoms with Gasteiger partial charge in [0.25, 0.3) is 5.91 Å². The summed E-state index contributed by atoms with van der Waals surface area (Å²) < 4.78 is 0. The van der Waals surface area contributed by atoms with Gasteiger partial charge >= 0.3 is 0 Å². The lowest BCUT2D eigenvalue weighted by Crippen LogP contribution is -2.18. The van der Waals surface area contributed by atoms with Crippen molar-refractivity contribution in [2.24, 2.45) is 5.73 Å². The molecule has 5 nitrogen and oxygen atoms in total. The number of nitrogens with two attached hydrogens (primary N) is 1. The quantitative estimate of drug-likeness (QED) is 0.739. The number of pyridine rings is 1. The third kappa shape index (κ3) is 3.92. The van der Waals surface area contributed by atoms with E-state index in [9.17, 15) is 9.59 Å². The second-order valence-corrected chi connectivity index (χ2v) is 6.51. The second kappa shape index (κ2) is 7.27. The zero-order valence-electron chi connectivity index (χ0n) is 13.7. The fraction of sp³-hybridized carbons (Fsp3) is 0.105. The lowest BCUT2D eigenvalue weighted by Gasteiger charge is -2.11. The third-order valence-electron chi connectivity index (χ3n) is 3.73. The maximum atomic E-state index is 12.6. The van der Waals surface area contributed by atoms with E-state index in [1.165, 1.54) is 0 Å². The summed E-state index contributed by atoms with van der Waals surface area (Å²) in [6, 6.07) is 14.7. The Morgan fingerprint density at radius 1 is 1.12 bits per heavy atom. The van der Waals surface area contributed by atoms with Crippen LogP contribution >= 0.6 is 11.3 Å². The van der Waals surface area contributed by atoms with E-state index in [1.807, 2.05) is 23.6 Å². The molecule has 0 spiro atoms. The minimum Gasteiger partial charge on any atom is -0.369 e. The maximum Gasteiger partial charge on any atom is 0.257 e. The third-order valence-corrected chi connectivity index (χ3v) is 4.63. The number of amides is 2. The van der Waals surface area contributed by atoms with Gasteiger partial charge in [0, 0.05) is 5.69 Å². The molecule has 1 aromatic carbocycles. The summed E-state index contributed by atoms with van der Waals surface area (Å²) in [6.45, 7) is 1.81. The van der Waals surface area contributed by atoms with Crippen LogP contribution in [0.2, 0.25) is 0 Å². The SMILES string of the molecule is Cc1nc(-c2cccs2)ccc1C(=O)Nc1ccccc1CC(N)=O. The molecule has 3 N–H and O–H groups in total. The number of hydrogen-bond acceptors (Lipinski definition) is 4. The van der Waals surface area contributed by atoms with Crippen molar-refractivity contribution >= 4 is 28.8 Å². The van der Waals surface area contributed by atoms with Crippen LogP contribution in [0.4, 0.5) is 5.69 Å². The van der Waals surface area contributed by atoms with Gasteiger partial charge in [0.1, 0.15) is 0 Å². The Kier molecular flexibility index (Phi) is 4.90. The molecule has 126 valence electrons. The number of carbonyl (C=O) groups is 2. The number of hydrogen-bond donors (Lipinski definition) is 2. The number of rotatable bonds is 5. The van der Waals surface area contributed by atoms with Crippen molar-refractivity contribution in [3.8, 4) is 10.6 Å². The van der Waals surface area contributed by atoms with Gasteiger partial charge in [-0.1, -0.05) is 24.3 Å². The molecule has 6 heteroatoms. The van der Waals surface area contributed by atoms with E-state index in [1.54, 1.807) is 48.6 Å². The first-order valence-corrected chi connectivity index (χ1v) is 8.61. The Morgan fingerprint density at radius 2 is 1.92 bits per heavy atom. The van der Waals surface area contributed by atoms with E-state index in [4.69, 9.17) is 5.73 Å². The Labute approximate surface area is 149 Å². The Balaban J connectivity index is 1.84. The lowest BCUT2D eigenvalue weighted by atomic mass is 10.1. The summed E-state index contributed by atoms with van der Waals surface area (Å²) in [4.78, 5) is 29.4. The van der Waals surface area contributed by atoms with Crippen LogP contribution in [0.3, 0.4) is 0 Å². The summed E-state index contributed by atoms with van der Waals surface area (Å²) in [6.07, 6.45) is 0.0744. The predicted octanol–water partition coefficient (Wildman–Crippen LogP) is 3.40. The van der Waals surface area contributed by atoms with Crippen molar-refractivity contribution < 1.29 is 9.59 Å². The molecule has 0 aliphatic carbocycles. The molecule has 0 saturated heterocycles. The van der Waals surface area contributed by atoms with E-state index in [0.29, 0.717) is 22.5 Å². The molecular formula is C19H17N3O2S. The zero-order chi connectivity index (χ0) is 17.8. The number of benzene rings is 1. The summed E-state index contributed by atoms with van der Waals surface area (Å²) in [7, 11) is 0. The van der Waals surface area contributed by atoms with E-state index < -0.39 is 5.91 Å². The number of anilines is 1. The predicted molar refractivity (Wildman–Crippen MR) is 99.6 cm³/mol. The highest BCUT2D eigenvalue weighted by molar-refractivity contribution is 7.13. The number of thiophene rings is 1. The standard InChI is InChI=1S/C19H17N3O2S/c1-12-14(8-9-16(21-12)17-7-4-10-25-17)19(24)22-15-6-3-2-5-13(15)11-18(20)23/h2-10H,11H2,1H3,(H2,20,23)(H,22,24). The van der Waals surface area contributed by atoms with Gasteiger partial charge in [-0.15, -0.1) is 11.3 Å². The fourth-order valence-corrected chi connectivity index (χ4v) is 3.23. The normalized spacial score (nSPS) is 10.4. The van der Waals surface area contributed by atoms with Crippen LogP contribution in [0.1, 0.15) is 21.6 Å². The van der Waals surface area contributed by atoms with E-state index >= 15 is 0 Å². The van der Waals surface area contributed by atoms with Crippen LogP contribution in [0.25, 0.3) is 10.6 Å². The first kappa shape index (κ1) is 16.9. The summed E-state index contributed by atoms with van der Waals surface area (Å²) >= 11 is 1.60. The molecule has 2 heterocycles. The number of primary amides is 1. The second-order valence-electron chi connectivity index (χ2n) is 5.56. The maximum absolute atomic E-state index is 12.6. The van der Waals surface area contributed by atoms with Crippen LogP contribution in [0.15, 0.2) is 53.9 Å². The van der Waals surface area contributed by atoms with Gasteiger partial charge in [-0.3, -0.25) is 14.6 Å². The van der Waals surface area contributed by atoms with Crippen molar-refractivity contribution in [3.63, 3.8) is 0 Å². The molecule has 0 saturated carbocycles. The van der Waals surface area contributed by atoms with E-state index in [2.05, 4.69) is 10.3 Å².